The van der Waals surface area contributed by atoms with E-state index in [4.69, 9.17) is 0 Å². The summed E-state index contributed by atoms with van der Waals surface area (Å²) in [6, 6.07) is 18.7. The third kappa shape index (κ3) is 4.03. The second-order valence-electron chi connectivity index (χ2n) is 4.93. The molecule has 4 heteroatoms. The second-order valence-corrected chi connectivity index (χ2v) is 5.96. The molecule has 0 aliphatic heterocycles. The maximum absolute atomic E-state index is 4.57. The number of nitrogens with zero attached hydrogens (tertiary/aromatic N) is 1. The first-order valence-corrected chi connectivity index (χ1v) is 8.07. The molecule has 0 fully saturated rings. The van der Waals surface area contributed by atoms with Crippen LogP contribution in [0.1, 0.15) is 12.0 Å². The molecule has 0 saturated carbocycles. The molecule has 2 N–H and O–H groups in total. The van der Waals surface area contributed by atoms with Crippen molar-refractivity contribution in [1.29, 1.82) is 0 Å². The Morgan fingerprint density at radius 1 is 0.905 bits per heavy atom. The first kappa shape index (κ1) is 14.0. The molecule has 2 aromatic carbocycles. The lowest BCUT2D eigenvalue weighted by Gasteiger charge is -2.05. The van der Waals surface area contributed by atoms with Gasteiger partial charge in [0.05, 0.1) is 10.2 Å². The van der Waals surface area contributed by atoms with Crippen LogP contribution in [0.15, 0.2) is 54.6 Å². The minimum Gasteiger partial charge on any atom is -0.361 e. The highest BCUT2D eigenvalue weighted by atomic mass is 32.1. The van der Waals surface area contributed by atoms with Crippen LogP contribution >= 0.6 is 11.3 Å². The van der Waals surface area contributed by atoms with E-state index in [2.05, 4.69) is 58.1 Å². The number of aromatic nitrogens is 1. The van der Waals surface area contributed by atoms with E-state index < -0.39 is 0 Å². The number of anilines is 1. The topological polar surface area (TPSA) is 37.0 Å². The van der Waals surface area contributed by atoms with Gasteiger partial charge in [-0.15, -0.1) is 0 Å². The Labute approximate surface area is 129 Å². The van der Waals surface area contributed by atoms with E-state index in [1.807, 2.05) is 12.1 Å². The number of thiazole rings is 1. The Kier molecular flexibility index (Phi) is 4.82. The third-order valence-corrected chi connectivity index (χ3v) is 4.27. The van der Waals surface area contributed by atoms with Gasteiger partial charge < -0.3 is 10.6 Å². The van der Waals surface area contributed by atoms with Crippen molar-refractivity contribution < 1.29 is 0 Å². The number of rotatable bonds is 7. The number of fused-ring (bicyclic) bond motifs is 1. The van der Waals surface area contributed by atoms with Crippen LogP contribution in [-0.2, 0) is 6.54 Å². The Morgan fingerprint density at radius 3 is 2.57 bits per heavy atom. The predicted octanol–water partition coefficient (Wildman–Crippen LogP) is 3.89. The monoisotopic (exact) mass is 297 g/mol. The van der Waals surface area contributed by atoms with Gasteiger partial charge in [0, 0.05) is 13.1 Å². The Morgan fingerprint density at radius 2 is 1.71 bits per heavy atom. The Balaban J connectivity index is 1.36. The molecule has 3 aromatic rings. The van der Waals surface area contributed by atoms with Crippen LogP contribution in [0.4, 0.5) is 5.13 Å². The van der Waals surface area contributed by atoms with Gasteiger partial charge in [-0.1, -0.05) is 53.8 Å². The van der Waals surface area contributed by atoms with Crippen LogP contribution in [0.25, 0.3) is 10.2 Å². The van der Waals surface area contributed by atoms with Crippen LogP contribution in [0.5, 0.6) is 0 Å². The molecule has 3 nitrogen and oxygen atoms in total. The number of para-hydroxylation sites is 1. The highest BCUT2D eigenvalue weighted by molar-refractivity contribution is 7.22. The molecule has 1 heterocycles. The Hall–Kier alpha value is -1.91. The molecule has 0 radical (unpaired) electrons. The molecule has 0 amide bonds. The van der Waals surface area contributed by atoms with Crippen molar-refractivity contribution in [2.75, 3.05) is 18.4 Å². The van der Waals surface area contributed by atoms with Gasteiger partial charge in [0.1, 0.15) is 0 Å². The van der Waals surface area contributed by atoms with E-state index in [9.17, 15) is 0 Å². The molecular weight excluding hydrogens is 278 g/mol. The summed E-state index contributed by atoms with van der Waals surface area (Å²) in [5.74, 6) is 0. The fraction of sp³-hybridized carbons (Fsp3) is 0.235. The van der Waals surface area contributed by atoms with Gasteiger partial charge in [0.2, 0.25) is 0 Å². The van der Waals surface area contributed by atoms with Gasteiger partial charge in [-0.2, -0.15) is 0 Å². The predicted molar refractivity (Wildman–Crippen MR) is 90.9 cm³/mol. The molecule has 0 atom stereocenters. The summed E-state index contributed by atoms with van der Waals surface area (Å²) in [6.45, 7) is 2.89. The molecule has 21 heavy (non-hydrogen) atoms. The summed E-state index contributed by atoms with van der Waals surface area (Å²) in [5, 5.41) is 7.87. The van der Waals surface area contributed by atoms with E-state index >= 15 is 0 Å². The van der Waals surface area contributed by atoms with Crippen molar-refractivity contribution >= 4 is 26.7 Å². The van der Waals surface area contributed by atoms with Crippen LogP contribution in [0, 0.1) is 0 Å². The van der Waals surface area contributed by atoms with Crippen LogP contribution in [0.3, 0.4) is 0 Å². The lowest BCUT2D eigenvalue weighted by molar-refractivity contribution is 0.663. The summed E-state index contributed by atoms with van der Waals surface area (Å²) in [5.41, 5.74) is 2.41. The summed E-state index contributed by atoms with van der Waals surface area (Å²) < 4.78 is 1.24. The molecule has 3 rings (SSSR count). The highest BCUT2D eigenvalue weighted by Gasteiger charge is 2.01. The van der Waals surface area contributed by atoms with Crippen molar-refractivity contribution in [2.24, 2.45) is 0 Å². The maximum Gasteiger partial charge on any atom is 0.183 e. The minimum atomic E-state index is 0.933. The molecular formula is C17H19N3S. The smallest absolute Gasteiger partial charge is 0.183 e. The van der Waals surface area contributed by atoms with E-state index in [1.54, 1.807) is 11.3 Å². The molecule has 0 spiro atoms. The lowest BCUT2D eigenvalue weighted by atomic mass is 10.2. The van der Waals surface area contributed by atoms with Gasteiger partial charge in [0.15, 0.2) is 5.13 Å². The standard InChI is InChI=1S/C17H19N3S/c1-2-7-14(8-3-1)13-18-11-6-12-19-17-20-15-9-4-5-10-16(15)21-17/h1-5,7-10,18H,6,11-13H2,(H,19,20). The molecule has 0 aliphatic carbocycles. The van der Waals surface area contributed by atoms with Gasteiger partial charge in [0.25, 0.3) is 0 Å². The normalized spacial score (nSPS) is 10.9. The summed E-state index contributed by atoms with van der Waals surface area (Å²) >= 11 is 1.72. The molecule has 0 aliphatic rings. The number of hydrogen-bond acceptors (Lipinski definition) is 4. The van der Waals surface area contributed by atoms with Gasteiger partial charge in [-0.05, 0) is 30.7 Å². The zero-order valence-electron chi connectivity index (χ0n) is 11.9. The first-order valence-electron chi connectivity index (χ1n) is 7.26. The minimum absolute atomic E-state index is 0.933. The average molecular weight is 297 g/mol. The third-order valence-electron chi connectivity index (χ3n) is 3.27. The zero-order valence-corrected chi connectivity index (χ0v) is 12.7. The van der Waals surface area contributed by atoms with Gasteiger partial charge >= 0.3 is 0 Å². The summed E-state index contributed by atoms with van der Waals surface area (Å²) in [4.78, 5) is 4.57. The van der Waals surface area contributed by atoms with Crippen molar-refractivity contribution in [2.45, 2.75) is 13.0 Å². The van der Waals surface area contributed by atoms with E-state index in [0.29, 0.717) is 0 Å². The molecule has 0 saturated heterocycles. The van der Waals surface area contributed by atoms with Gasteiger partial charge in [-0.25, -0.2) is 4.98 Å². The van der Waals surface area contributed by atoms with Gasteiger partial charge in [-0.3, -0.25) is 0 Å². The number of hydrogen-bond donors (Lipinski definition) is 2. The average Bonchev–Trinajstić information content (AvgIpc) is 2.94. The molecule has 0 bridgehead atoms. The fourth-order valence-electron chi connectivity index (χ4n) is 2.19. The van der Waals surface area contributed by atoms with E-state index in [-0.39, 0.29) is 0 Å². The van der Waals surface area contributed by atoms with Crippen LogP contribution < -0.4 is 10.6 Å². The van der Waals surface area contributed by atoms with Crippen LogP contribution in [0.2, 0.25) is 0 Å². The van der Waals surface area contributed by atoms with Crippen molar-refractivity contribution in [3.05, 3.63) is 60.2 Å². The summed E-state index contributed by atoms with van der Waals surface area (Å²) in [6.07, 6.45) is 1.09. The van der Waals surface area contributed by atoms with Crippen molar-refractivity contribution in [1.82, 2.24) is 10.3 Å². The largest absolute Gasteiger partial charge is 0.361 e. The molecule has 108 valence electrons. The first-order chi connectivity index (χ1) is 10.4. The molecule has 0 unspecified atom stereocenters. The second kappa shape index (κ2) is 7.20. The van der Waals surface area contributed by atoms with E-state index in [0.717, 1.165) is 36.7 Å². The van der Waals surface area contributed by atoms with Crippen LogP contribution in [-0.4, -0.2) is 18.1 Å². The highest BCUT2D eigenvalue weighted by Crippen LogP contribution is 2.25. The maximum atomic E-state index is 4.57. The van der Waals surface area contributed by atoms with Crippen molar-refractivity contribution in [3.63, 3.8) is 0 Å². The Bertz CT molecular complexity index is 646. The molecule has 1 aromatic heterocycles. The zero-order chi connectivity index (χ0) is 14.3. The SMILES string of the molecule is c1ccc(CNCCCNc2nc3ccccc3s2)cc1. The van der Waals surface area contributed by atoms with E-state index in [1.165, 1.54) is 10.3 Å². The summed E-state index contributed by atoms with van der Waals surface area (Å²) in [7, 11) is 0. The van der Waals surface area contributed by atoms with Crippen molar-refractivity contribution in [3.8, 4) is 0 Å². The number of nitrogens with one attached hydrogen (secondary N) is 2. The quantitative estimate of drug-likeness (QED) is 0.650. The fourth-order valence-corrected chi connectivity index (χ4v) is 3.08. The lowest BCUT2D eigenvalue weighted by Crippen LogP contribution is -2.17. The number of benzene rings is 2.